The van der Waals surface area contributed by atoms with Crippen LogP contribution in [0.1, 0.15) is 6.04 Å². The van der Waals surface area contributed by atoms with Crippen molar-refractivity contribution < 1.29 is 4.74 Å². The van der Waals surface area contributed by atoms with E-state index in [0.29, 0.717) is 6.04 Å². The first-order valence-electron chi connectivity index (χ1n) is 5.64. The molecule has 0 amide bonds. The Balaban J connectivity index is 1.84. The molecule has 0 bridgehead atoms. The van der Waals surface area contributed by atoms with Crippen molar-refractivity contribution in [1.29, 1.82) is 0 Å². The van der Waals surface area contributed by atoms with Crippen LogP contribution in [0.4, 0.5) is 0 Å². The third-order valence-corrected chi connectivity index (χ3v) is 3.03. The molecule has 5 heteroatoms. The quantitative estimate of drug-likeness (QED) is 0.857. The van der Waals surface area contributed by atoms with Crippen LogP contribution in [0.15, 0.2) is 30.5 Å². The highest BCUT2D eigenvalue weighted by molar-refractivity contribution is 5.58. The summed E-state index contributed by atoms with van der Waals surface area (Å²) in [5.74, 6) is 0.851. The lowest BCUT2D eigenvalue weighted by Gasteiger charge is -2.26. The summed E-state index contributed by atoms with van der Waals surface area (Å²) in [6, 6.07) is 8.30. The van der Waals surface area contributed by atoms with Crippen molar-refractivity contribution in [3.63, 3.8) is 0 Å². The molecule has 5 nitrogen and oxygen atoms in total. The molecule has 1 aliphatic rings. The lowest BCUT2D eigenvalue weighted by atomic mass is 10.1. The summed E-state index contributed by atoms with van der Waals surface area (Å²) < 4.78 is 7.05. The van der Waals surface area contributed by atoms with Crippen molar-refractivity contribution in [2.75, 3.05) is 20.2 Å². The van der Waals surface area contributed by atoms with Crippen molar-refractivity contribution in [1.82, 2.24) is 20.3 Å². The van der Waals surface area contributed by atoms with Crippen molar-refractivity contribution in [2.45, 2.75) is 6.04 Å². The highest BCUT2D eigenvalue weighted by Crippen LogP contribution is 2.21. The first-order chi connectivity index (χ1) is 8.36. The first-order valence-corrected chi connectivity index (χ1v) is 5.64. The van der Waals surface area contributed by atoms with Gasteiger partial charge in [-0.2, -0.15) is 0 Å². The standard InChI is InChI=1S/C12H14N4O/c1-17-11-4-2-9(3-5-11)12-8-16(15-14-12)10-6-13-7-10/h2-5,8,10,13H,6-7H2,1H3. The van der Waals surface area contributed by atoms with Crippen molar-refractivity contribution in [3.8, 4) is 17.0 Å². The zero-order valence-electron chi connectivity index (χ0n) is 9.63. The number of nitrogens with zero attached hydrogens (tertiary/aromatic N) is 3. The minimum atomic E-state index is 0.453. The molecule has 1 saturated heterocycles. The molecule has 1 aliphatic heterocycles. The van der Waals surface area contributed by atoms with Crippen LogP contribution in [-0.4, -0.2) is 35.2 Å². The Morgan fingerprint density at radius 2 is 2.06 bits per heavy atom. The smallest absolute Gasteiger partial charge is 0.118 e. The summed E-state index contributed by atoms with van der Waals surface area (Å²) >= 11 is 0. The van der Waals surface area contributed by atoms with Gasteiger partial charge in [0.25, 0.3) is 0 Å². The lowest BCUT2D eigenvalue weighted by Crippen LogP contribution is -2.43. The Kier molecular flexibility index (Phi) is 2.53. The van der Waals surface area contributed by atoms with Gasteiger partial charge in [0.1, 0.15) is 11.4 Å². The van der Waals surface area contributed by atoms with E-state index in [-0.39, 0.29) is 0 Å². The van der Waals surface area contributed by atoms with Gasteiger partial charge in [-0.3, -0.25) is 0 Å². The van der Waals surface area contributed by atoms with Gasteiger partial charge >= 0.3 is 0 Å². The number of aromatic nitrogens is 3. The van der Waals surface area contributed by atoms with E-state index in [2.05, 4.69) is 15.6 Å². The minimum absolute atomic E-state index is 0.453. The minimum Gasteiger partial charge on any atom is -0.497 e. The Hall–Kier alpha value is -1.88. The fraction of sp³-hybridized carbons (Fsp3) is 0.333. The molecule has 88 valence electrons. The molecule has 1 fully saturated rings. The molecule has 2 aromatic rings. The van der Waals surface area contributed by atoms with E-state index in [1.54, 1.807) is 7.11 Å². The maximum Gasteiger partial charge on any atom is 0.118 e. The summed E-state index contributed by atoms with van der Waals surface area (Å²) in [6.07, 6.45) is 1.99. The fourth-order valence-corrected chi connectivity index (χ4v) is 1.81. The predicted octanol–water partition coefficient (Wildman–Crippen LogP) is 1.10. The average molecular weight is 230 g/mol. The average Bonchev–Trinajstić information content (AvgIpc) is 2.76. The Bertz CT molecular complexity index is 501. The van der Waals surface area contributed by atoms with Gasteiger partial charge < -0.3 is 10.1 Å². The summed E-state index contributed by atoms with van der Waals surface area (Å²) in [4.78, 5) is 0. The van der Waals surface area contributed by atoms with Gasteiger partial charge in [0, 0.05) is 18.7 Å². The molecule has 1 N–H and O–H groups in total. The predicted molar refractivity (Wildman–Crippen MR) is 63.9 cm³/mol. The van der Waals surface area contributed by atoms with E-state index < -0.39 is 0 Å². The largest absolute Gasteiger partial charge is 0.497 e. The van der Waals surface area contributed by atoms with Gasteiger partial charge in [-0.25, -0.2) is 4.68 Å². The normalized spacial score (nSPS) is 15.6. The number of methoxy groups -OCH3 is 1. The van der Waals surface area contributed by atoms with Gasteiger partial charge in [-0.15, -0.1) is 5.10 Å². The third-order valence-electron chi connectivity index (χ3n) is 3.03. The van der Waals surface area contributed by atoms with E-state index in [9.17, 15) is 0 Å². The van der Waals surface area contributed by atoms with Crippen LogP contribution in [0.5, 0.6) is 5.75 Å². The van der Waals surface area contributed by atoms with Gasteiger partial charge in [-0.1, -0.05) is 5.21 Å². The van der Waals surface area contributed by atoms with Crippen LogP contribution in [0.3, 0.4) is 0 Å². The molecule has 0 radical (unpaired) electrons. The highest BCUT2D eigenvalue weighted by atomic mass is 16.5. The van der Waals surface area contributed by atoms with Crippen LogP contribution in [-0.2, 0) is 0 Å². The van der Waals surface area contributed by atoms with E-state index in [4.69, 9.17) is 4.74 Å². The maximum atomic E-state index is 5.13. The molecular weight excluding hydrogens is 216 g/mol. The molecule has 3 rings (SSSR count). The maximum absolute atomic E-state index is 5.13. The molecule has 0 aliphatic carbocycles. The van der Waals surface area contributed by atoms with E-state index in [0.717, 1.165) is 30.1 Å². The van der Waals surface area contributed by atoms with Crippen LogP contribution in [0.25, 0.3) is 11.3 Å². The molecule has 17 heavy (non-hydrogen) atoms. The van der Waals surface area contributed by atoms with E-state index in [1.807, 2.05) is 35.1 Å². The number of nitrogens with one attached hydrogen (secondary N) is 1. The molecule has 1 aromatic heterocycles. The van der Waals surface area contributed by atoms with Crippen molar-refractivity contribution in [2.24, 2.45) is 0 Å². The Morgan fingerprint density at radius 1 is 1.29 bits per heavy atom. The van der Waals surface area contributed by atoms with Crippen LogP contribution < -0.4 is 10.1 Å². The van der Waals surface area contributed by atoms with E-state index in [1.165, 1.54) is 0 Å². The molecule has 1 aromatic carbocycles. The fourth-order valence-electron chi connectivity index (χ4n) is 1.81. The summed E-state index contributed by atoms with van der Waals surface area (Å²) in [7, 11) is 1.66. The number of hydrogen-bond acceptors (Lipinski definition) is 4. The molecule has 0 spiro atoms. The second-order valence-corrected chi connectivity index (χ2v) is 4.12. The second kappa shape index (κ2) is 4.18. The zero-order chi connectivity index (χ0) is 11.7. The topological polar surface area (TPSA) is 52.0 Å². The first kappa shape index (κ1) is 10.3. The highest BCUT2D eigenvalue weighted by Gasteiger charge is 2.20. The SMILES string of the molecule is COc1ccc(-c2cn(C3CNC3)nn2)cc1. The van der Waals surface area contributed by atoms with Gasteiger partial charge in [-0.05, 0) is 24.3 Å². The monoisotopic (exact) mass is 230 g/mol. The number of ether oxygens (including phenoxy) is 1. The van der Waals surface area contributed by atoms with Gasteiger partial charge in [0.05, 0.1) is 19.3 Å². The zero-order valence-corrected chi connectivity index (χ0v) is 9.63. The van der Waals surface area contributed by atoms with Crippen molar-refractivity contribution in [3.05, 3.63) is 30.5 Å². The molecule has 0 saturated carbocycles. The number of benzene rings is 1. The second-order valence-electron chi connectivity index (χ2n) is 4.12. The Morgan fingerprint density at radius 3 is 2.65 bits per heavy atom. The summed E-state index contributed by atoms with van der Waals surface area (Å²) in [6.45, 7) is 1.96. The van der Waals surface area contributed by atoms with E-state index >= 15 is 0 Å². The third kappa shape index (κ3) is 1.89. The number of rotatable bonds is 3. The Labute approximate surface area is 99.4 Å². The molecule has 2 heterocycles. The summed E-state index contributed by atoms with van der Waals surface area (Å²) in [5.41, 5.74) is 1.96. The van der Waals surface area contributed by atoms with Crippen LogP contribution >= 0.6 is 0 Å². The molecular formula is C12H14N4O. The van der Waals surface area contributed by atoms with Crippen molar-refractivity contribution >= 4 is 0 Å². The lowest BCUT2D eigenvalue weighted by molar-refractivity contribution is 0.313. The molecule has 0 unspecified atom stereocenters. The van der Waals surface area contributed by atoms with Gasteiger partial charge in [0.15, 0.2) is 0 Å². The van der Waals surface area contributed by atoms with Crippen LogP contribution in [0.2, 0.25) is 0 Å². The molecule has 0 atom stereocenters. The van der Waals surface area contributed by atoms with Gasteiger partial charge in [0.2, 0.25) is 0 Å². The number of hydrogen-bond donors (Lipinski definition) is 1. The summed E-state index contributed by atoms with van der Waals surface area (Å²) in [5, 5.41) is 11.6. The van der Waals surface area contributed by atoms with Crippen LogP contribution in [0, 0.1) is 0 Å².